The fraction of sp³-hybridized carbons (Fsp3) is 0.650. The molecule has 3 nitrogen and oxygen atoms in total. The summed E-state index contributed by atoms with van der Waals surface area (Å²) in [5.74, 6) is 0.120. The number of carbonyl (C=O) groups is 1. The molecule has 1 aliphatic rings. The van der Waals surface area contributed by atoms with Crippen molar-refractivity contribution in [2.75, 3.05) is 13.2 Å². The van der Waals surface area contributed by atoms with Gasteiger partial charge in [0, 0.05) is 13.2 Å². The van der Waals surface area contributed by atoms with E-state index in [4.69, 9.17) is 4.74 Å². The average molecular weight is 317 g/mol. The first-order valence-corrected chi connectivity index (χ1v) is 8.89. The smallest absolute Gasteiger partial charge is 0.224 e. The number of nitrogens with one attached hydrogen (secondary N) is 1. The number of ether oxygens (including phenoxy) is 1. The van der Waals surface area contributed by atoms with Crippen LogP contribution in [0, 0.1) is 5.41 Å². The lowest BCUT2D eigenvalue weighted by Crippen LogP contribution is -2.43. The number of rotatable bonds is 7. The van der Waals surface area contributed by atoms with Crippen molar-refractivity contribution in [2.24, 2.45) is 5.41 Å². The number of hydrogen-bond donors (Lipinski definition) is 1. The van der Waals surface area contributed by atoms with Gasteiger partial charge in [0.2, 0.25) is 5.91 Å². The van der Waals surface area contributed by atoms with Crippen LogP contribution in [0.5, 0.6) is 0 Å². The molecule has 3 heteroatoms. The van der Waals surface area contributed by atoms with Gasteiger partial charge in [-0.2, -0.15) is 0 Å². The molecule has 1 fully saturated rings. The third-order valence-corrected chi connectivity index (χ3v) is 4.89. The molecule has 1 heterocycles. The molecular formula is C20H31NO2. The maximum atomic E-state index is 12.1. The summed E-state index contributed by atoms with van der Waals surface area (Å²) >= 11 is 0. The van der Waals surface area contributed by atoms with Gasteiger partial charge in [-0.15, -0.1) is 0 Å². The quantitative estimate of drug-likeness (QED) is 0.822. The molecule has 0 radical (unpaired) electrons. The van der Waals surface area contributed by atoms with Crippen LogP contribution in [0.4, 0.5) is 0 Å². The Bertz CT molecular complexity index is 494. The van der Waals surface area contributed by atoms with Crippen LogP contribution in [0.1, 0.15) is 58.4 Å². The van der Waals surface area contributed by atoms with Crippen molar-refractivity contribution in [1.82, 2.24) is 5.32 Å². The van der Waals surface area contributed by atoms with Gasteiger partial charge in [-0.25, -0.2) is 0 Å². The lowest BCUT2D eigenvalue weighted by molar-refractivity contribution is -0.121. The minimum atomic E-state index is -0.0402. The zero-order valence-corrected chi connectivity index (χ0v) is 14.9. The topological polar surface area (TPSA) is 38.3 Å². The zero-order valence-electron chi connectivity index (χ0n) is 14.9. The molecule has 23 heavy (non-hydrogen) atoms. The Morgan fingerprint density at radius 3 is 2.61 bits per heavy atom. The molecular weight excluding hydrogens is 286 g/mol. The van der Waals surface area contributed by atoms with Crippen molar-refractivity contribution in [1.29, 1.82) is 0 Å². The SMILES string of the molecule is CCC[C@]1(CCNC(=O)Cc2ccccc2)CCOC(C)(C)C1. The number of hydrogen-bond acceptors (Lipinski definition) is 2. The van der Waals surface area contributed by atoms with Gasteiger partial charge in [-0.3, -0.25) is 4.79 Å². The van der Waals surface area contributed by atoms with Crippen molar-refractivity contribution in [2.45, 2.75) is 64.9 Å². The standard InChI is InChI=1S/C20H31NO2/c1-4-10-20(12-14-23-19(2,3)16-20)11-13-21-18(22)15-17-8-6-5-7-9-17/h5-9H,4,10-16H2,1-3H3,(H,21,22)/t20-/m0/s1. The summed E-state index contributed by atoms with van der Waals surface area (Å²) in [6.07, 6.45) is 6.12. The molecule has 0 saturated carbocycles. The van der Waals surface area contributed by atoms with Crippen LogP contribution in [0.2, 0.25) is 0 Å². The normalized spacial score (nSPS) is 23.4. The molecule has 1 aromatic carbocycles. The zero-order chi connectivity index (χ0) is 16.8. The van der Waals surface area contributed by atoms with Crippen LogP contribution in [-0.4, -0.2) is 24.7 Å². The van der Waals surface area contributed by atoms with Crippen LogP contribution >= 0.6 is 0 Å². The van der Waals surface area contributed by atoms with Gasteiger partial charge in [-0.1, -0.05) is 43.7 Å². The van der Waals surface area contributed by atoms with Crippen molar-refractivity contribution in [3.05, 3.63) is 35.9 Å². The van der Waals surface area contributed by atoms with E-state index in [-0.39, 0.29) is 11.5 Å². The van der Waals surface area contributed by atoms with Gasteiger partial charge in [0.15, 0.2) is 0 Å². The summed E-state index contributed by atoms with van der Waals surface area (Å²) < 4.78 is 5.89. The third kappa shape index (κ3) is 5.65. The Balaban J connectivity index is 1.83. The van der Waals surface area contributed by atoms with E-state index in [1.54, 1.807) is 0 Å². The van der Waals surface area contributed by atoms with Crippen molar-refractivity contribution >= 4 is 5.91 Å². The second kappa shape index (κ2) is 7.96. The fourth-order valence-corrected chi connectivity index (χ4v) is 3.98. The molecule has 1 amide bonds. The Labute approximate surface area is 140 Å². The largest absolute Gasteiger partial charge is 0.376 e. The second-order valence-electron chi connectivity index (χ2n) is 7.55. The highest BCUT2D eigenvalue weighted by Gasteiger charge is 2.39. The Kier molecular flexibility index (Phi) is 6.23. The first-order chi connectivity index (χ1) is 10.9. The molecule has 1 N–H and O–H groups in total. The summed E-state index contributed by atoms with van der Waals surface area (Å²) in [5.41, 5.74) is 1.35. The van der Waals surface area contributed by atoms with Crippen molar-refractivity contribution in [3.8, 4) is 0 Å². The van der Waals surface area contributed by atoms with Gasteiger partial charge in [0.05, 0.1) is 12.0 Å². The summed E-state index contributed by atoms with van der Waals surface area (Å²) in [6.45, 7) is 8.22. The predicted octanol–water partition coefficient (Wildman–Crippen LogP) is 4.11. The van der Waals surface area contributed by atoms with E-state index in [9.17, 15) is 4.79 Å². The molecule has 2 rings (SSSR count). The van der Waals surface area contributed by atoms with Crippen LogP contribution < -0.4 is 5.32 Å². The van der Waals surface area contributed by atoms with E-state index in [1.807, 2.05) is 30.3 Å². The summed E-state index contributed by atoms with van der Waals surface area (Å²) in [6, 6.07) is 9.92. The predicted molar refractivity (Wildman–Crippen MR) is 94.4 cm³/mol. The van der Waals surface area contributed by atoms with Gasteiger partial charge < -0.3 is 10.1 Å². The Morgan fingerprint density at radius 2 is 1.96 bits per heavy atom. The Morgan fingerprint density at radius 1 is 1.22 bits per heavy atom. The molecule has 0 spiro atoms. The van der Waals surface area contributed by atoms with Crippen LogP contribution in [-0.2, 0) is 16.0 Å². The first-order valence-electron chi connectivity index (χ1n) is 8.89. The summed E-state index contributed by atoms with van der Waals surface area (Å²) in [7, 11) is 0. The minimum Gasteiger partial charge on any atom is -0.376 e. The molecule has 1 aromatic rings. The number of benzene rings is 1. The molecule has 1 atom stereocenters. The van der Waals surface area contributed by atoms with E-state index in [0.29, 0.717) is 11.8 Å². The van der Waals surface area contributed by atoms with Gasteiger partial charge in [-0.05, 0) is 50.5 Å². The lowest BCUT2D eigenvalue weighted by atomic mass is 9.69. The van der Waals surface area contributed by atoms with Gasteiger partial charge in [0.1, 0.15) is 0 Å². The highest BCUT2D eigenvalue weighted by Crippen LogP contribution is 2.44. The fourth-order valence-electron chi connectivity index (χ4n) is 3.98. The van der Waals surface area contributed by atoms with Crippen molar-refractivity contribution in [3.63, 3.8) is 0 Å². The molecule has 1 saturated heterocycles. The Hall–Kier alpha value is -1.35. The van der Waals surface area contributed by atoms with Crippen molar-refractivity contribution < 1.29 is 9.53 Å². The highest BCUT2D eigenvalue weighted by molar-refractivity contribution is 5.78. The van der Waals surface area contributed by atoms with Gasteiger partial charge in [0.25, 0.3) is 0 Å². The van der Waals surface area contributed by atoms with E-state index in [1.165, 1.54) is 12.8 Å². The number of carbonyl (C=O) groups excluding carboxylic acids is 1. The molecule has 0 bridgehead atoms. The van der Waals surface area contributed by atoms with E-state index < -0.39 is 0 Å². The molecule has 0 aliphatic carbocycles. The van der Waals surface area contributed by atoms with E-state index in [0.717, 1.165) is 38.0 Å². The molecule has 0 unspecified atom stereocenters. The van der Waals surface area contributed by atoms with Gasteiger partial charge >= 0.3 is 0 Å². The molecule has 128 valence electrons. The van der Waals surface area contributed by atoms with Crippen LogP contribution in [0.25, 0.3) is 0 Å². The highest BCUT2D eigenvalue weighted by atomic mass is 16.5. The first kappa shape index (κ1) is 18.0. The third-order valence-electron chi connectivity index (χ3n) is 4.89. The minimum absolute atomic E-state index is 0.0402. The summed E-state index contributed by atoms with van der Waals surface area (Å²) in [5, 5.41) is 3.11. The second-order valence-corrected chi connectivity index (χ2v) is 7.55. The van der Waals surface area contributed by atoms with E-state index in [2.05, 4.69) is 26.1 Å². The average Bonchev–Trinajstić information content (AvgIpc) is 2.47. The lowest BCUT2D eigenvalue weighted by Gasteiger charge is -2.45. The van der Waals surface area contributed by atoms with E-state index >= 15 is 0 Å². The molecule has 1 aliphatic heterocycles. The number of amides is 1. The molecule has 0 aromatic heterocycles. The maximum absolute atomic E-state index is 12.1. The maximum Gasteiger partial charge on any atom is 0.224 e. The van der Waals surface area contributed by atoms with Crippen LogP contribution in [0.15, 0.2) is 30.3 Å². The monoisotopic (exact) mass is 317 g/mol. The summed E-state index contributed by atoms with van der Waals surface area (Å²) in [4.78, 5) is 12.1. The van der Waals surface area contributed by atoms with Crippen LogP contribution in [0.3, 0.4) is 0 Å².